The molecule has 0 aliphatic heterocycles. The van der Waals surface area contributed by atoms with Gasteiger partial charge in [-0.3, -0.25) is 0 Å². The van der Waals surface area contributed by atoms with Crippen LogP contribution in [0.5, 0.6) is 0 Å². The van der Waals surface area contributed by atoms with E-state index < -0.39 is 5.60 Å². The summed E-state index contributed by atoms with van der Waals surface area (Å²) < 4.78 is 5.49. The molecule has 2 nitrogen and oxygen atoms in total. The van der Waals surface area contributed by atoms with Crippen LogP contribution in [-0.2, 0) is 23.9 Å². The lowest BCUT2D eigenvalue weighted by molar-refractivity contribution is 0.0168. The third-order valence-electron chi connectivity index (χ3n) is 4.56. The Balaban J connectivity index is 1.84. The number of rotatable bonds is 2. The molecule has 0 fully saturated rings. The average molecular weight is 284 g/mol. The van der Waals surface area contributed by atoms with Gasteiger partial charge in [-0.2, -0.15) is 0 Å². The molecule has 1 unspecified atom stereocenters. The van der Waals surface area contributed by atoms with Crippen LogP contribution in [0.1, 0.15) is 56.1 Å². The van der Waals surface area contributed by atoms with Crippen LogP contribution < -0.4 is 0 Å². The van der Waals surface area contributed by atoms with E-state index in [-0.39, 0.29) is 5.41 Å². The van der Waals surface area contributed by atoms with E-state index in [0.29, 0.717) is 6.42 Å². The van der Waals surface area contributed by atoms with E-state index in [1.165, 1.54) is 11.1 Å². The third-order valence-corrected chi connectivity index (χ3v) is 4.56. The number of hydrogen-bond acceptors (Lipinski definition) is 2. The molecule has 1 N–H and O–H groups in total. The summed E-state index contributed by atoms with van der Waals surface area (Å²) >= 11 is 0. The second-order valence-corrected chi connectivity index (χ2v) is 7.27. The Morgan fingerprint density at radius 2 is 1.86 bits per heavy atom. The van der Waals surface area contributed by atoms with Crippen molar-refractivity contribution in [2.24, 2.45) is 0 Å². The van der Waals surface area contributed by atoms with E-state index in [4.69, 9.17) is 4.42 Å². The first-order valence-electron chi connectivity index (χ1n) is 7.77. The fraction of sp³-hybridized carbons (Fsp3) is 0.474. The monoisotopic (exact) mass is 284 g/mol. The molecule has 1 aliphatic rings. The third kappa shape index (κ3) is 2.77. The summed E-state index contributed by atoms with van der Waals surface area (Å²) in [6.45, 7) is 6.65. The number of fused-ring (bicyclic) bond motifs is 1. The maximum Gasteiger partial charge on any atom is 0.109 e. The molecule has 1 atom stereocenters. The van der Waals surface area contributed by atoms with Crippen LogP contribution in [0.4, 0.5) is 0 Å². The molecular weight excluding hydrogens is 260 g/mol. The normalized spacial score (nSPS) is 22.1. The van der Waals surface area contributed by atoms with Crippen molar-refractivity contribution < 1.29 is 9.52 Å². The summed E-state index contributed by atoms with van der Waals surface area (Å²) in [5, 5.41) is 11.0. The minimum atomic E-state index is -0.774. The summed E-state index contributed by atoms with van der Waals surface area (Å²) in [6, 6.07) is 10.6. The number of hydrogen-bond donors (Lipinski definition) is 1. The minimum Gasteiger partial charge on any atom is -0.469 e. The minimum absolute atomic E-state index is 0.165. The van der Waals surface area contributed by atoms with Gasteiger partial charge in [0.1, 0.15) is 5.76 Å². The lowest BCUT2D eigenvalue weighted by Crippen LogP contribution is -2.32. The van der Waals surface area contributed by atoms with Crippen LogP contribution in [0.2, 0.25) is 0 Å². The predicted molar refractivity (Wildman–Crippen MR) is 84.4 cm³/mol. The molecule has 2 aromatic rings. The zero-order chi connectivity index (χ0) is 15.1. The molecule has 0 saturated carbocycles. The lowest BCUT2D eigenvalue weighted by Gasteiger charge is -2.32. The van der Waals surface area contributed by atoms with Crippen molar-refractivity contribution >= 4 is 0 Å². The van der Waals surface area contributed by atoms with Gasteiger partial charge in [-0.05, 0) is 35.4 Å². The molecule has 0 radical (unpaired) electrons. The van der Waals surface area contributed by atoms with E-state index in [2.05, 4.69) is 45.0 Å². The average Bonchev–Trinajstić information content (AvgIpc) is 2.88. The van der Waals surface area contributed by atoms with E-state index in [1.54, 1.807) is 6.26 Å². The van der Waals surface area contributed by atoms with Crippen LogP contribution in [0.3, 0.4) is 0 Å². The van der Waals surface area contributed by atoms with Gasteiger partial charge < -0.3 is 9.52 Å². The smallest absolute Gasteiger partial charge is 0.109 e. The van der Waals surface area contributed by atoms with Crippen molar-refractivity contribution in [3.63, 3.8) is 0 Å². The predicted octanol–water partition coefficient (Wildman–Crippen LogP) is 4.34. The molecule has 0 saturated heterocycles. The highest BCUT2D eigenvalue weighted by molar-refractivity contribution is 5.33. The zero-order valence-corrected chi connectivity index (χ0v) is 13.1. The van der Waals surface area contributed by atoms with E-state index in [9.17, 15) is 5.11 Å². The zero-order valence-electron chi connectivity index (χ0n) is 13.1. The van der Waals surface area contributed by atoms with Gasteiger partial charge in [0.25, 0.3) is 0 Å². The van der Waals surface area contributed by atoms with E-state index in [1.807, 2.05) is 6.07 Å². The Hall–Kier alpha value is -1.54. The fourth-order valence-corrected chi connectivity index (χ4v) is 3.27. The highest BCUT2D eigenvalue weighted by atomic mass is 16.3. The fourth-order valence-electron chi connectivity index (χ4n) is 3.27. The van der Waals surface area contributed by atoms with Crippen molar-refractivity contribution in [1.29, 1.82) is 0 Å². The summed E-state index contributed by atoms with van der Waals surface area (Å²) in [7, 11) is 0. The quantitative estimate of drug-likeness (QED) is 0.889. The Kier molecular flexibility index (Phi) is 3.45. The second kappa shape index (κ2) is 5.03. The van der Waals surface area contributed by atoms with Crippen LogP contribution in [0.15, 0.2) is 41.0 Å². The maximum atomic E-state index is 11.0. The van der Waals surface area contributed by atoms with Gasteiger partial charge >= 0.3 is 0 Å². The molecule has 1 aliphatic carbocycles. The standard InChI is InChI=1S/C19H24O2/c1-18(2,3)15-8-6-14(7-9-15)13-19(20)11-4-5-17-16(19)10-12-21-17/h6-10,12,20H,4-5,11,13H2,1-3H3. The molecular formula is C19H24O2. The topological polar surface area (TPSA) is 33.4 Å². The SMILES string of the molecule is CC(C)(C)c1ccc(CC2(O)CCCc3occc32)cc1. The Labute approximate surface area is 126 Å². The molecule has 3 rings (SSSR count). The van der Waals surface area contributed by atoms with Gasteiger partial charge in [0.2, 0.25) is 0 Å². The molecule has 0 bridgehead atoms. The van der Waals surface area contributed by atoms with Gasteiger partial charge in [-0.25, -0.2) is 0 Å². The highest BCUT2D eigenvalue weighted by Crippen LogP contribution is 2.38. The first kappa shape index (κ1) is 14.4. The summed E-state index contributed by atoms with van der Waals surface area (Å²) in [5.41, 5.74) is 2.88. The number of aryl methyl sites for hydroxylation is 1. The molecule has 21 heavy (non-hydrogen) atoms. The van der Waals surface area contributed by atoms with E-state index in [0.717, 1.165) is 30.6 Å². The summed E-state index contributed by atoms with van der Waals surface area (Å²) in [6.07, 6.45) is 5.08. The molecule has 0 spiro atoms. The number of furan rings is 1. The van der Waals surface area contributed by atoms with Gasteiger partial charge in [0.05, 0.1) is 11.9 Å². The van der Waals surface area contributed by atoms with Crippen molar-refractivity contribution in [3.05, 3.63) is 59.0 Å². The first-order chi connectivity index (χ1) is 9.88. The van der Waals surface area contributed by atoms with Crippen LogP contribution in [-0.4, -0.2) is 5.11 Å². The Morgan fingerprint density at radius 1 is 1.14 bits per heavy atom. The van der Waals surface area contributed by atoms with Crippen molar-refractivity contribution in [1.82, 2.24) is 0 Å². The van der Waals surface area contributed by atoms with Gasteiger partial charge in [-0.15, -0.1) is 0 Å². The lowest BCUT2D eigenvalue weighted by atomic mass is 9.78. The highest BCUT2D eigenvalue weighted by Gasteiger charge is 2.36. The van der Waals surface area contributed by atoms with Crippen molar-refractivity contribution in [2.75, 3.05) is 0 Å². The molecule has 112 valence electrons. The first-order valence-corrected chi connectivity index (χ1v) is 7.77. The Bertz CT molecular complexity index is 616. The molecule has 0 amide bonds. The second-order valence-electron chi connectivity index (χ2n) is 7.27. The van der Waals surface area contributed by atoms with Crippen molar-refractivity contribution in [3.8, 4) is 0 Å². The molecule has 1 aromatic heterocycles. The van der Waals surface area contributed by atoms with E-state index >= 15 is 0 Å². The molecule has 1 heterocycles. The van der Waals surface area contributed by atoms with Crippen LogP contribution in [0.25, 0.3) is 0 Å². The molecule has 2 heteroatoms. The van der Waals surface area contributed by atoms with Gasteiger partial charge in [-0.1, -0.05) is 45.0 Å². The van der Waals surface area contributed by atoms with Crippen LogP contribution in [0, 0.1) is 0 Å². The maximum absolute atomic E-state index is 11.0. The van der Waals surface area contributed by atoms with Gasteiger partial charge in [0, 0.05) is 18.4 Å². The van der Waals surface area contributed by atoms with Crippen molar-refractivity contribution in [2.45, 2.75) is 57.5 Å². The van der Waals surface area contributed by atoms with Crippen LogP contribution >= 0.6 is 0 Å². The number of aliphatic hydroxyl groups is 1. The largest absolute Gasteiger partial charge is 0.469 e. The van der Waals surface area contributed by atoms with Gasteiger partial charge in [0.15, 0.2) is 0 Å². The molecule has 1 aromatic carbocycles. The number of benzene rings is 1. The Morgan fingerprint density at radius 3 is 2.52 bits per heavy atom. The summed E-state index contributed by atoms with van der Waals surface area (Å²) in [5.74, 6) is 0.954. The summed E-state index contributed by atoms with van der Waals surface area (Å²) in [4.78, 5) is 0.